The van der Waals surface area contributed by atoms with Crippen LogP contribution in [0.3, 0.4) is 0 Å². The maximum absolute atomic E-state index is 12.2. The number of hydrogen-bond donors (Lipinski definition) is 1. The van der Waals surface area contributed by atoms with Crippen molar-refractivity contribution in [3.63, 3.8) is 0 Å². The summed E-state index contributed by atoms with van der Waals surface area (Å²) in [4.78, 5) is 14.7. The largest absolute Gasteiger partial charge is 0.380 e. The molecule has 4 heteroatoms. The van der Waals surface area contributed by atoms with E-state index in [-0.39, 0.29) is 5.91 Å². The lowest BCUT2D eigenvalue weighted by Gasteiger charge is -2.28. The van der Waals surface area contributed by atoms with Gasteiger partial charge in [-0.25, -0.2) is 0 Å². The van der Waals surface area contributed by atoms with Crippen molar-refractivity contribution in [1.82, 2.24) is 5.32 Å². The first-order valence-electron chi connectivity index (χ1n) is 9.46. The molecule has 1 heterocycles. The summed E-state index contributed by atoms with van der Waals surface area (Å²) >= 11 is 0. The van der Waals surface area contributed by atoms with E-state index in [2.05, 4.69) is 34.5 Å². The van der Waals surface area contributed by atoms with Crippen molar-refractivity contribution in [2.24, 2.45) is 0 Å². The van der Waals surface area contributed by atoms with E-state index in [0.717, 1.165) is 12.0 Å². The average Bonchev–Trinajstić information content (AvgIpc) is 2.70. The molecule has 0 spiro atoms. The van der Waals surface area contributed by atoms with Gasteiger partial charge in [-0.1, -0.05) is 24.3 Å². The van der Waals surface area contributed by atoms with Crippen LogP contribution in [0.1, 0.15) is 40.7 Å². The molecule has 0 saturated carbocycles. The van der Waals surface area contributed by atoms with Crippen LogP contribution < -0.4 is 10.2 Å². The zero-order valence-corrected chi connectivity index (χ0v) is 15.5. The van der Waals surface area contributed by atoms with Crippen LogP contribution in [0.5, 0.6) is 0 Å². The van der Waals surface area contributed by atoms with Gasteiger partial charge in [-0.3, -0.25) is 4.79 Å². The van der Waals surface area contributed by atoms with Gasteiger partial charge in [-0.15, -0.1) is 0 Å². The summed E-state index contributed by atoms with van der Waals surface area (Å²) in [5, 5.41) is 3.00. The van der Waals surface area contributed by atoms with Crippen LogP contribution in [0.15, 0.2) is 48.5 Å². The van der Waals surface area contributed by atoms with E-state index in [1.807, 2.05) is 24.3 Å². The Morgan fingerprint density at radius 3 is 2.27 bits per heavy atom. The van der Waals surface area contributed by atoms with Gasteiger partial charge in [-0.05, 0) is 61.1 Å². The van der Waals surface area contributed by atoms with Gasteiger partial charge in [0, 0.05) is 38.0 Å². The molecule has 1 aliphatic heterocycles. The quantitative estimate of drug-likeness (QED) is 0.824. The number of carbonyl (C=O) groups is 1. The summed E-state index contributed by atoms with van der Waals surface area (Å²) in [6.45, 7) is 3.54. The number of amides is 1. The van der Waals surface area contributed by atoms with Crippen LogP contribution in [0.4, 0.5) is 5.69 Å². The van der Waals surface area contributed by atoms with Crippen molar-refractivity contribution in [1.29, 1.82) is 0 Å². The number of benzene rings is 2. The first-order chi connectivity index (χ1) is 12.8. The fourth-order valence-electron chi connectivity index (χ4n) is 3.37. The van der Waals surface area contributed by atoms with Crippen molar-refractivity contribution in [3.05, 3.63) is 65.2 Å². The van der Waals surface area contributed by atoms with Gasteiger partial charge in [0.05, 0.1) is 6.61 Å². The van der Waals surface area contributed by atoms with E-state index in [9.17, 15) is 4.79 Å². The predicted octanol–water partition coefficient (Wildman–Crippen LogP) is 3.80. The van der Waals surface area contributed by atoms with Crippen LogP contribution >= 0.6 is 0 Å². The third-order valence-corrected chi connectivity index (χ3v) is 4.88. The van der Waals surface area contributed by atoms with Crippen molar-refractivity contribution >= 4 is 11.6 Å². The highest BCUT2D eigenvalue weighted by atomic mass is 16.5. The molecule has 1 N–H and O–H groups in total. The van der Waals surface area contributed by atoms with Crippen LogP contribution in [0, 0.1) is 0 Å². The monoisotopic (exact) mass is 352 g/mol. The van der Waals surface area contributed by atoms with Crippen LogP contribution in [-0.4, -0.2) is 32.7 Å². The SMILES string of the molecule is COCc1ccc(C(=O)NCCc2ccc(N3CCCCC3)cc2)cc1. The minimum atomic E-state index is -0.0288. The van der Waals surface area contributed by atoms with E-state index in [4.69, 9.17) is 4.74 Å². The lowest BCUT2D eigenvalue weighted by atomic mass is 10.1. The Morgan fingerprint density at radius 1 is 0.962 bits per heavy atom. The van der Waals surface area contributed by atoms with Crippen LogP contribution in [0.25, 0.3) is 0 Å². The smallest absolute Gasteiger partial charge is 0.251 e. The minimum absolute atomic E-state index is 0.0288. The number of nitrogens with one attached hydrogen (secondary N) is 1. The average molecular weight is 352 g/mol. The second-order valence-electron chi connectivity index (χ2n) is 6.85. The van der Waals surface area contributed by atoms with Crippen molar-refractivity contribution in [2.45, 2.75) is 32.3 Å². The molecule has 1 amide bonds. The Bertz CT molecular complexity index is 689. The highest BCUT2D eigenvalue weighted by molar-refractivity contribution is 5.94. The van der Waals surface area contributed by atoms with E-state index >= 15 is 0 Å². The molecule has 0 aromatic heterocycles. The number of hydrogen-bond acceptors (Lipinski definition) is 3. The molecule has 1 aliphatic rings. The lowest BCUT2D eigenvalue weighted by Crippen LogP contribution is -2.29. The number of nitrogens with zero attached hydrogens (tertiary/aromatic N) is 1. The molecular weight excluding hydrogens is 324 g/mol. The maximum atomic E-state index is 12.2. The molecule has 1 saturated heterocycles. The molecule has 26 heavy (non-hydrogen) atoms. The van der Waals surface area contributed by atoms with Crippen molar-refractivity contribution in [2.75, 3.05) is 31.6 Å². The van der Waals surface area contributed by atoms with E-state index < -0.39 is 0 Å². The number of rotatable bonds is 7. The Morgan fingerprint density at radius 2 is 1.62 bits per heavy atom. The number of methoxy groups -OCH3 is 1. The lowest BCUT2D eigenvalue weighted by molar-refractivity contribution is 0.0954. The van der Waals surface area contributed by atoms with Gasteiger partial charge < -0.3 is 15.0 Å². The fourth-order valence-corrected chi connectivity index (χ4v) is 3.37. The number of piperidine rings is 1. The first kappa shape index (κ1) is 18.5. The highest BCUT2D eigenvalue weighted by Crippen LogP contribution is 2.20. The fraction of sp³-hybridized carbons (Fsp3) is 0.409. The summed E-state index contributed by atoms with van der Waals surface area (Å²) in [7, 11) is 1.67. The molecule has 138 valence electrons. The Kier molecular flexibility index (Phi) is 6.67. The predicted molar refractivity (Wildman–Crippen MR) is 106 cm³/mol. The highest BCUT2D eigenvalue weighted by Gasteiger charge is 2.10. The van der Waals surface area contributed by atoms with Crippen LogP contribution in [-0.2, 0) is 17.8 Å². The first-order valence-corrected chi connectivity index (χ1v) is 9.46. The standard InChI is InChI=1S/C22H28N2O2/c1-26-17-19-5-9-20(10-6-19)22(25)23-14-13-18-7-11-21(12-8-18)24-15-3-2-4-16-24/h5-12H,2-4,13-17H2,1H3,(H,23,25). The van der Waals surface area contributed by atoms with Crippen molar-refractivity contribution in [3.8, 4) is 0 Å². The van der Waals surface area contributed by atoms with E-state index in [0.29, 0.717) is 18.7 Å². The number of carbonyl (C=O) groups excluding carboxylic acids is 1. The molecule has 3 rings (SSSR count). The third kappa shape index (κ3) is 5.09. The minimum Gasteiger partial charge on any atom is -0.380 e. The molecule has 0 bridgehead atoms. The number of ether oxygens (including phenoxy) is 1. The Hall–Kier alpha value is -2.33. The Balaban J connectivity index is 1.45. The molecule has 0 atom stereocenters. The van der Waals surface area contributed by atoms with Gasteiger partial charge >= 0.3 is 0 Å². The zero-order chi connectivity index (χ0) is 18.2. The van der Waals surface area contributed by atoms with Gasteiger partial charge in [0.25, 0.3) is 5.91 Å². The Labute approximate surface area is 156 Å². The molecule has 0 unspecified atom stereocenters. The van der Waals surface area contributed by atoms with Crippen LogP contribution in [0.2, 0.25) is 0 Å². The third-order valence-electron chi connectivity index (χ3n) is 4.88. The summed E-state index contributed by atoms with van der Waals surface area (Å²) in [6.07, 6.45) is 4.78. The van der Waals surface area contributed by atoms with E-state index in [1.165, 1.54) is 43.6 Å². The normalized spacial score (nSPS) is 14.3. The molecule has 0 aliphatic carbocycles. The van der Waals surface area contributed by atoms with E-state index in [1.54, 1.807) is 7.11 Å². The second kappa shape index (κ2) is 9.39. The van der Waals surface area contributed by atoms with Gasteiger partial charge in [0.15, 0.2) is 0 Å². The molecular formula is C22H28N2O2. The molecule has 1 fully saturated rings. The molecule has 2 aromatic rings. The second-order valence-corrected chi connectivity index (χ2v) is 6.85. The summed E-state index contributed by atoms with van der Waals surface area (Å²) in [5.41, 5.74) is 4.32. The van der Waals surface area contributed by atoms with Crippen molar-refractivity contribution < 1.29 is 9.53 Å². The summed E-state index contributed by atoms with van der Waals surface area (Å²) in [6, 6.07) is 16.3. The number of anilines is 1. The topological polar surface area (TPSA) is 41.6 Å². The summed E-state index contributed by atoms with van der Waals surface area (Å²) < 4.78 is 5.09. The summed E-state index contributed by atoms with van der Waals surface area (Å²) in [5.74, 6) is -0.0288. The zero-order valence-electron chi connectivity index (χ0n) is 15.5. The van der Waals surface area contributed by atoms with Gasteiger partial charge in [0.1, 0.15) is 0 Å². The molecule has 2 aromatic carbocycles. The van der Waals surface area contributed by atoms with Gasteiger partial charge in [-0.2, -0.15) is 0 Å². The maximum Gasteiger partial charge on any atom is 0.251 e. The molecule has 0 radical (unpaired) electrons. The molecule has 4 nitrogen and oxygen atoms in total. The van der Waals surface area contributed by atoms with Gasteiger partial charge in [0.2, 0.25) is 0 Å².